The second-order valence-corrected chi connectivity index (χ2v) is 9.71. The zero-order chi connectivity index (χ0) is 30.9. The fourth-order valence-electron chi connectivity index (χ4n) is 4.32. The minimum Gasteiger partial charge on any atom is -0.493 e. The van der Waals surface area contributed by atoms with E-state index in [-0.39, 0.29) is 11.8 Å². The Morgan fingerprint density at radius 2 is 1.49 bits per heavy atom. The maximum absolute atomic E-state index is 13.2. The fourth-order valence-corrected chi connectivity index (χ4v) is 4.32. The van der Waals surface area contributed by atoms with Crippen molar-refractivity contribution in [2.45, 2.75) is 45.1 Å². The third kappa shape index (κ3) is 9.21. The van der Waals surface area contributed by atoms with Gasteiger partial charge in [0.1, 0.15) is 6.04 Å². The van der Waals surface area contributed by atoms with Gasteiger partial charge in [0.15, 0.2) is 23.7 Å². The predicted molar refractivity (Wildman–Crippen MR) is 141 cm³/mol. The Hall–Kier alpha value is -4.11. The topological polar surface area (TPSA) is 205 Å². The van der Waals surface area contributed by atoms with E-state index in [0.717, 1.165) is 5.56 Å². The lowest BCUT2D eigenvalue weighted by Crippen LogP contribution is -2.55. The van der Waals surface area contributed by atoms with Gasteiger partial charge in [-0.1, -0.05) is 19.9 Å². The maximum Gasteiger partial charge on any atom is 0.414 e. The van der Waals surface area contributed by atoms with E-state index in [9.17, 15) is 14.4 Å². The van der Waals surface area contributed by atoms with Gasteiger partial charge in [-0.05, 0) is 18.4 Å². The van der Waals surface area contributed by atoms with Crippen molar-refractivity contribution in [1.82, 2.24) is 15.1 Å². The first kappa shape index (κ1) is 33.1. The van der Waals surface area contributed by atoms with Crippen molar-refractivity contribution in [3.8, 4) is 17.2 Å². The molecule has 0 saturated carbocycles. The van der Waals surface area contributed by atoms with Crippen molar-refractivity contribution < 1.29 is 58.2 Å². The van der Waals surface area contributed by atoms with Gasteiger partial charge in [-0.15, -0.1) is 0 Å². The first-order valence-electron chi connectivity index (χ1n) is 12.8. The highest BCUT2D eigenvalue weighted by atomic mass is 16.6. The van der Waals surface area contributed by atoms with E-state index in [2.05, 4.69) is 10.2 Å². The fraction of sp³-hybridized carbons (Fsp3) is 0.577. The van der Waals surface area contributed by atoms with E-state index in [0.29, 0.717) is 56.4 Å². The van der Waals surface area contributed by atoms with Crippen LogP contribution in [0.4, 0.5) is 0 Å². The van der Waals surface area contributed by atoms with Gasteiger partial charge in [0, 0.05) is 38.3 Å². The summed E-state index contributed by atoms with van der Waals surface area (Å²) in [5.41, 5.74) is 0.951. The number of amides is 2. The van der Waals surface area contributed by atoms with Crippen LogP contribution in [0.2, 0.25) is 0 Å². The number of carbonyl (C=O) groups is 5. The van der Waals surface area contributed by atoms with Crippen molar-refractivity contribution >= 4 is 29.7 Å². The van der Waals surface area contributed by atoms with E-state index < -0.39 is 42.1 Å². The highest BCUT2D eigenvalue weighted by Gasteiger charge is 2.51. The Morgan fingerprint density at radius 1 is 0.902 bits per heavy atom. The molecule has 2 heterocycles. The van der Waals surface area contributed by atoms with Crippen LogP contribution in [0.1, 0.15) is 25.8 Å². The molecule has 228 valence electrons. The van der Waals surface area contributed by atoms with Gasteiger partial charge in [-0.3, -0.25) is 14.5 Å². The summed E-state index contributed by atoms with van der Waals surface area (Å²) in [6.07, 6.45) is -1.72. The van der Waals surface area contributed by atoms with Crippen LogP contribution in [0.15, 0.2) is 12.1 Å². The van der Waals surface area contributed by atoms with Crippen LogP contribution in [0.3, 0.4) is 0 Å². The lowest BCUT2D eigenvalue weighted by molar-refractivity contribution is -0.159. The van der Waals surface area contributed by atoms with Crippen LogP contribution in [-0.4, -0.2) is 121 Å². The van der Waals surface area contributed by atoms with Gasteiger partial charge in [-0.25, -0.2) is 14.4 Å². The van der Waals surface area contributed by atoms with Crippen molar-refractivity contribution in [1.29, 1.82) is 0 Å². The van der Waals surface area contributed by atoms with Crippen LogP contribution in [0.5, 0.6) is 17.2 Å². The molecule has 15 nitrogen and oxygen atoms in total. The Morgan fingerprint density at radius 3 is 1.93 bits per heavy atom. The normalized spacial score (nSPS) is 18.8. The molecule has 3 atom stereocenters. The number of carboxylic acids is 3. The third-order valence-corrected chi connectivity index (χ3v) is 6.36. The number of benzene rings is 1. The zero-order valence-electron chi connectivity index (χ0n) is 23.6. The molecule has 3 rings (SSSR count). The average Bonchev–Trinajstić information content (AvgIpc) is 3.74. The van der Waals surface area contributed by atoms with Crippen molar-refractivity contribution in [3.05, 3.63) is 17.7 Å². The summed E-state index contributed by atoms with van der Waals surface area (Å²) in [5.74, 6) is -3.64. The molecule has 2 amide bonds. The Labute approximate surface area is 236 Å². The Balaban J connectivity index is 0.000000883. The molecule has 2 aliphatic rings. The molecule has 15 heteroatoms. The number of carbonyl (C=O) groups excluding carboxylic acids is 2. The third-order valence-electron chi connectivity index (χ3n) is 6.36. The van der Waals surface area contributed by atoms with Gasteiger partial charge in [0.05, 0.1) is 21.3 Å². The number of methoxy groups -OCH3 is 3. The molecule has 1 aromatic carbocycles. The summed E-state index contributed by atoms with van der Waals surface area (Å²) in [6.45, 7) is 6.88. The summed E-state index contributed by atoms with van der Waals surface area (Å²) in [6, 6.07) is 3.06. The molecular weight excluding hydrogens is 546 g/mol. The number of aliphatic carboxylic acids is 3. The zero-order valence-corrected chi connectivity index (χ0v) is 23.6. The van der Waals surface area contributed by atoms with Crippen molar-refractivity contribution in [3.63, 3.8) is 0 Å². The molecule has 1 unspecified atom stereocenters. The van der Waals surface area contributed by atoms with Crippen LogP contribution < -0.4 is 19.5 Å². The first-order valence-corrected chi connectivity index (χ1v) is 12.8. The molecule has 0 bridgehead atoms. The van der Waals surface area contributed by atoms with Crippen LogP contribution >= 0.6 is 0 Å². The van der Waals surface area contributed by atoms with E-state index in [1.54, 1.807) is 26.2 Å². The largest absolute Gasteiger partial charge is 0.493 e. The summed E-state index contributed by atoms with van der Waals surface area (Å²) in [4.78, 5) is 58.8. The lowest BCUT2D eigenvalue weighted by Gasteiger charge is -2.37. The van der Waals surface area contributed by atoms with Crippen molar-refractivity contribution in [2.75, 3.05) is 47.5 Å². The monoisotopic (exact) mass is 583 g/mol. The molecule has 41 heavy (non-hydrogen) atoms. The van der Waals surface area contributed by atoms with E-state index in [4.69, 9.17) is 43.9 Å². The highest BCUT2D eigenvalue weighted by Crippen LogP contribution is 2.40. The molecule has 0 radical (unpaired) electrons. The number of epoxide rings is 1. The van der Waals surface area contributed by atoms with Crippen LogP contribution in [-0.2, 0) is 35.3 Å². The highest BCUT2D eigenvalue weighted by molar-refractivity contribution is 6.27. The molecule has 1 aromatic rings. The molecule has 0 aliphatic carbocycles. The van der Waals surface area contributed by atoms with Gasteiger partial charge in [0.25, 0.3) is 5.91 Å². The van der Waals surface area contributed by atoms with Gasteiger partial charge in [0.2, 0.25) is 11.7 Å². The van der Waals surface area contributed by atoms with E-state index >= 15 is 0 Å². The SMILES string of the molecule is COc1ccc(CN2CCN(C(=O)C(CC(C)C)NC(=O)[C@@H]3O[C@H]3C(=O)O)CC2)c(OC)c1OC.O=C(O)C(=O)O. The first-order chi connectivity index (χ1) is 19.3. The molecule has 4 N–H and O–H groups in total. The van der Waals surface area contributed by atoms with E-state index in [1.807, 2.05) is 26.0 Å². The van der Waals surface area contributed by atoms with Gasteiger partial charge >= 0.3 is 17.9 Å². The molecular formula is C26H37N3O12. The Bertz CT molecular complexity index is 1110. The van der Waals surface area contributed by atoms with Crippen LogP contribution in [0.25, 0.3) is 0 Å². The smallest absolute Gasteiger partial charge is 0.414 e. The average molecular weight is 584 g/mol. The van der Waals surface area contributed by atoms with Gasteiger partial charge < -0.3 is 44.5 Å². The summed E-state index contributed by atoms with van der Waals surface area (Å²) < 4.78 is 21.3. The number of rotatable bonds is 11. The number of nitrogens with zero attached hydrogens (tertiary/aromatic N) is 2. The summed E-state index contributed by atoms with van der Waals surface area (Å²) in [7, 11) is 4.73. The summed E-state index contributed by atoms with van der Waals surface area (Å²) >= 11 is 0. The number of hydrogen-bond acceptors (Lipinski definition) is 10. The Kier molecular flexibility index (Phi) is 12.1. The number of nitrogens with one attached hydrogen (secondary N) is 1. The standard InChI is InChI=1S/C24H35N3O8.C2H2O4/c1-14(2)12-16(25-22(28)20-21(35-20)24(30)31)23(29)27-10-8-26(9-11-27)13-15-6-7-17(32-3)19(34-5)18(15)33-4;3-1(4)2(5)6/h6-7,14,16,20-21H,8-13H2,1-5H3,(H,25,28)(H,30,31);(H,3,4)(H,5,6)/t16?,20-,21-;/m1./s1. The molecule has 0 spiro atoms. The van der Waals surface area contributed by atoms with Crippen molar-refractivity contribution in [2.24, 2.45) is 5.92 Å². The second-order valence-electron chi connectivity index (χ2n) is 9.71. The minimum absolute atomic E-state index is 0.164. The molecule has 2 aliphatic heterocycles. The second kappa shape index (κ2) is 15.0. The number of carboxylic acid groups (broad SMARTS) is 3. The number of hydrogen-bond donors (Lipinski definition) is 4. The van der Waals surface area contributed by atoms with E-state index in [1.165, 1.54) is 0 Å². The van der Waals surface area contributed by atoms with Crippen LogP contribution in [0, 0.1) is 5.92 Å². The lowest BCUT2D eigenvalue weighted by atomic mass is 10.0. The molecule has 2 fully saturated rings. The summed E-state index contributed by atoms with van der Waals surface area (Å²) in [5, 5.41) is 26.5. The minimum atomic E-state index is -1.82. The maximum atomic E-state index is 13.2. The number of piperazine rings is 1. The number of ether oxygens (including phenoxy) is 4. The predicted octanol–water partition coefficient (Wildman–Crippen LogP) is -0.105. The molecule has 0 aromatic heterocycles. The van der Waals surface area contributed by atoms with Gasteiger partial charge in [-0.2, -0.15) is 0 Å². The quantitative estimate of drug-likeness (QED) is 0.199. The molecule has 2 saturated heterocycles.